The maximum Gasteiger partial charge on any atom is 0.415 e. The first-order valence-corrected chi connectivity index (χ1v) is 10.4. The van der Waals surface area contributed by atoms with Gasteiger partial charge in [0.15, 0.2) is 0 Å². The summed E-state index contributed by atoms with van der Waals surface area (Å²) in [6, 6.07) is 3.75. The number of aromatic nitrogens is 2. The van der Waals surface area contributed by atoms with E-state index in [0.717, 1.165) is 30.0 Å². The minimum atomic E-state index is -0.690. The van der Waals surface area contributed by atoms with Gasteiger partial charge >= 0.3 is 12.1 Å². The summed E-state index contributed by atoms with van der Waals surface area (Å²) in [6.45, 7) is 10.9. The highest BCUT2D eigenvalue weighted by Gasteiger charge is 2.28. The molecule has 3 rings (SSSR count). The van der Waals surface area contributed by atoms with Gasteiger partial charge in [-0.15, -0.1) is 0 Å². The first-order valence-electron chi connectivity index (χ1n) is 10.4. The Bertz CT molecular complexity index is 914. The van der Waals surface area contributed by atoms with Gasteiger partial charge in [0, 0.05) is 42.5 Å². The van der Waals surface area contributed by atoms with E-state index >= 15 is 0 Å². The van der Waals surface area contributed by atoms with Gasteiger partial charge in [0.2, 0.25) is 5.76 Å². The van der Waals surface area contributed by atoms with Gasteiger partial charge < -0.3 is 18.8 Å². The van der Waals surface area contributed by atoms with Crippen molar-refractivity contribution in [3.05, 3.63) is 35.5 Å². The number of piperidine rings is 1. The zero-order chi connectivity index (χ0) is 22.6. The van der Waals surface area contributed by atoms with Gasteiger partial charge in [-0.3, -0.25) is 9.78 Å². The highest BCUT2D eigenvalue weighted by atomic mass is 16.6. The van der Waals surface area contributed by atoms with Crippen LogP contribution >= 0.6 is 0 Å². The normalized spacial score (nSPS) is 16.7. The number of rotatable bonds is 5. The predicted molar refractivity (Wildman–Crippen MR) is 114 cm³/mol. The quantitative estimate of drug-likeness (QED) is 0.765. The Morgan fingerprint density at radius 2 is 1.97 bits per heavy atom. The van der Waals surface area contributed by atoms with Crippen LogP contribution in [0.1, 0.15) is 55.6 Å². The molecular weight excluding hydrogens is 400 g/mol. The smallest absolute Gasteiger partial charge is 0.415 e. The van der Waals surface area contributed by atoms with Crippen LogP contribution in [0.25, 0.3) is 0 Å². The van der Waals surface area contributed by atoms with Crippen molar-refractivity contribution in [2.24, 2.45) is 5.92 Å². The van der Waals surface area contributed by atoms with E-state index in [1.807, 2.05) is 26.0 Å². The molecule has 168 valence electrons. The lowest BCUT2D eigenvalue weighted by Crippen LogP contribution is -2.41. The number of pyridine rings is 1. The number of amides is 2. The molecule has 1 aliphatic rings. The third-order valence-electron chi connectivity index (χ3n) is 4.67. The molecule has 3 heterocycles. The lowest BCUT2D eigenvalue weighted by atomic mass is 9.99. The van der Waals surface area contributed by atoms with Crippen molar-refractivity contribution in [1.82, 2.24) is 14.9 Å². The third kappa shape index (κ3) is 6.70. The number of carbonyl (C=O) groups excluding carboxylic acids is 2. The van der Waals surface area contributed by atoms with E-state index in [9.17, 15) is 9.59 Å². The largest absolute Gasteiger partial charge is 0.493 e. The maximum atomic E-state index is 12.8. The number of aryl methyl sites for hydroxylation is 2. The SMILES string of the molecule is Cc1cc(OCC2CCCN(C(=O)c3cnc(NC(=O)OC(C)(C)C)o3)C2)cc(C)n1. The van der Waals surface area contributed by atoms with Crippen molar-refractivity contribution in [2.75, 3.05) is 25.0 Å². The average molecular weight is 431 g/mol. The fraction of sp³-hybridized carbons (Fsp3) is 0.545. The van der Waals surface area contributed by atoms with E-state index in [1.54, 1.807) is 25.7 Å². The Hall–Kier alpha value is -3.10. The molecule has 0 aliphatic carbocycles. The second-order valence-electron chi connectivity index (χ2n) is 8.81. The van der Waals surface area contributed by atoms with Crippen molar-refractivity contribution in [3.8, 4) is 5.75 Å². The van der Waals surface area contributed by atoms with Crippen LogP contribution in [-0.2, 0) is 4.74 Å². The molecule has 2 aromatic rings. The van der Waals surface area contributed by atoms with Gasteiger partial charge in [-0.1, -0.05) is 0 Å². The number of carbonyl (C=O) groups is 2. The van der Waals surface area contributed by atoms with Crippen LogP contribution in [0.2, 0.25) is 0 Å². The Morgan fingerprint density at radius 3 is 2.65 bits per heavy atom. The molecule has 0 radical (unpaired) electrons. The summed E-state index contributed by atoms with van der Waals surface area (Å²) in [5, 5.41) is 2.40. The lowest BCUT2D eigenvalue weighted by molar-refractivity contribution is 0.0592. The number of hydrogen-bond donors (Lipinski definition) is 1. The third-order valence-corrected chi connectivity index (χ3v) is 4.67. The van der Waals surface area contributed by atoms with E-state index < -0.39 is 11.7 Å². The van der Waals surface area contributed by atoms with E-state index in [4.69, 9.17) is 13.9 Å². The summed E-state index contributed by atoms with van der Waals surface area (Å²) in [5.41, 5.74) is 1.18. The Labute approximate surface area is 182 Å². The highest BCUT2D eigenvalue weighted by Crippen LogP contribution is 2.22. The number of hydrogen-bond acceptors (Lipinski definition) is 7. The highest BCUT2D eigenvalue weighted by molar-refractivity contribution is 5.92. The molecule has 0 aromatic carbocycles. The lowest BCUT2D eigenvalue weighted by Gasteiger charge is -2.32. The van der Waals surface area contributed by atoms with E-state index in [-0.39, 0.29) is 23.6 Å². The molecule has 1 unspecified atom stereocenters. The van der Waals surface area contributed by atoms with Crippen LogP contribution in [0.5, 0.6) is 5.75 Å². The first kappa shape index (κ1) is 22.6. The summed E-state index contributed by atoms with van der Waals surface area (Å²) in [4.78, 5) is 34.7. The zero-order valence-electron chi connectivity index (χ0n) is 18.7. The van der Waals surface area contributed by atoms with Crippen LogP contribution < -0.4 is 10.1 Å². The summed E-state index contributed by atoms with van der Waals surface area (Å²) >= 11 is 0. The van der Waals surface area contributed by atoms with Crippen LogP contribution in [0.15, 0.2) is 22.7 Å². The molecule has 2 aromatic heterocycles. The van der Waals surface area contributed by atoms with Crippen molar-refractivity contribution in [3.63, 3.8) is 0 Å². The van der Waals surface area contributed by atoms with Gasteiger partial charge in [-0.25, -0.2) is 15.1 Å². The van der Waals surface area contributed by atoms with Gasteiger partial charge in [0.1, 0.15) is 11.4 Å². The molecule has 1 N–H and O–H groups in total. The molecule has 31 heavy (non-hydrogen) atoms. The summed E-state index contributed by atoms with van der Waals surface area (Å²) in [6.07, 6.45) is 2.49. The molecule has 0 spiro atoms. The van der Waals surface area contributed by atoms with E-state index in [2.05, 4.69) is 15.3 Å². The fourth-order valence-corrected chi connectivity index (χ4v) is 3.46. The fourth-order valence-electron chi connectivity index (χ4n) is 3.46. The molecule has 1 saturated heterocycles. The zero-order valence-corrected chi connectivity index (χ0v) is 18.7. The second kappa shape index (κ2) is 9.36. The van der Waals surface area contributed by atoms with Crippen molar-refractivity contribution >= 4 is 18.0 Å². The minimum absolute atomic E-state index is 0.0714. The Morgan fingerprint density at radius 1 is 1.26 bits per heavy atom. The molecule has 1 atom stereocenters. The number of likely N-dealkylation sites (tertiary alicyclic amines) is 1. The van der Waals surface area contributed by atoms with E-state index in [1.165, 1.54) is 6.20 Å². The van der Waals surface area contributed by atoms with Crippen LogP contribution in [0.3, 0.4) is 0 Å². The summed E-state index contributed by atoms with van der Waals surface area (Å²) in [5.74, 6) is 0.827. The second-order valence-corrected chi connectivity index (χ2v) is 8.81. The predicted octanol–water partition coefficient (Wildman–Crippen LogP) is 3.96. The molecule has 0 bridgehead atoms. The number of nitrogens with one attached hydrogen (secondary N) is 1. The molecule has 0 saturated carbocycles. The molecule has 9 heteroatoms. The van der Waals surface area contributed by atoms with Crippen molar-refractivity contribution < 1.29 is 23.5 Å². The minimum Gasteiger partial charge on any atom is -0.493 e. The van der Waals surface area contributed by atoms with Gasteiger partial charge in [0.25, 0.3) is 5.91 Å². The Kier molecular flexibility index (Phi) is 6.82. The van der Waals surface area contributed by atoms with Crippen LogP contribution in [0.4, 0.5) is 10.8 Å². The molecular formula is C22H30N4O5. The number of oxazole rings is 1. The number of ether oxygens (including phenoxy) is 2. The molecule has 9 nitrogen and oxygen atoms in total. The molecule has 1 fully saturated rings. The average Bonchev–Trinajstić information content (AvgIpc) is 3.12. The summed E-state index contributed by atoms with van der Waals surface area (Å²) in [7, 11) is 0. The van der Waals surface area contributed by atoms with Gasteiger partial charge in [0.05, 0.1) is 12.8 Å². The maximum absolute atomic E-state index is 12.8. The van der Waals surface area contributed by atoms with Crippen molar-refractivity contribution in [2.45, 2.75) is 53.1 Å². The topological polar surface area (TPSA) is 107 Å². The Balaban J connectivity index is 1.54. The summed E-state index contributed by atoms with van der Waals surface area (Å²) < 4.78 is 16.5. The molecule has 2 amide bonds. The van der Waals surface area contributed by atoms with Crippen LogP contribution in [-0.4, -0.2) is 52.2 Å². The monoisotopic (exact) mass is 430 g/mol. The first-order chi connectivity index (χ1) is 14.6. The van der Waals surface area contributed by atoms with Gasteiger partial charge in [-0.05, 0) is 47.5 Å². The van der Waals surface area contributed by atoms with E-state index in [0.29, 0.717) is 19.7 Å². The van der Waals surface area contributed by atoms with Gasteiger partial charge in [-0.2, -0.15) is 0 Å². The number of nitrogens with zero attached hydrogens (tertiary/aromatic N) is 3. The van der Waals surface area contributed by atoms with Crippen LogP contribution in [0, 0.1) is 19.8 Å². The standard InChI is InChI=1S/C22H30N4O5/c1-14-9-17(10-15(2)24-14)29-13-16-7-6-8-26(12-16)19(27)18-11-23-20(30-18)25-21(28)31-22(3,4)5/h9-11,16H,6-8,12-13H2,1-5H3,(H,23,25,28). The number of anilines is 1. The molecule has 1 aliphatic heterocycles. The van der Waals surface area contributed by atoms with Crippen molar-refractivity contribution in [1.29, 1.82) is 0 Å².